The standard InChI is InChI=1S/2C55H63ClFN6O7PS2/c2*1-38(2)62-39(3)55(73(4,68)69)53(54(62)41-10-13-44(56)14-11-41)43-33-45(57)35-48(34-43)60-28-26-59(27-29-60)46-15-17-47(18-16-46)61-30-31-70-71(61,67)50-19-12-42(52(36-50)63(65)66)32-40(37-72-51-8-6-5-7-9-51)20-23-58-24-21-49(64)22-25-58/h2*5-19,33-36,38,40,49,64H,20-32,37H2,1-4H3/t40-,71+;40-,71-/m00/s1. The van der Waals surface area contributed by atoms with Crippen LogP contribution in [0.2, 0.25) is 10.0 Å². The van der Waals surface area contributed by atoms with Crippen molar-refractivity contribution in [1.29, 1.82) is 0 Å². The number of thioether (sulfide) groups is 2. The number of hydrogen-bond donors (Lipinski definition) is 2. The lowest BCUT2D eigenvalue weighted by Crippen LogP contribution is -2.46. The predicted octanol–water partition coefficient (Wildman–Crippen LogP) is 22.6. The van der Waals surface area contributed by atoms with Crippen molar-refractivity contribution in [1.82, 2.24) is 18.9 Å². The number of aliphatic hydroxyl groups is 2. The van der Waals surface area contributed by atoms with Gasteiger partial charge in [-0.2, -0.15) is 0 Å². The molecule has 10 aromatic carbocycles. The van der Waals surface area contributed by atoms with Gasteiger partial charge in [-0.05, 0) is 286 Å². The number of piperidine rings is 2. The number of aliphatic hydroxyl groups excluding tert-OH is 2. The lowest BCUT2D eigenvalue weighted by atomic mass is 9.96. The van der Waals surface area contributed by atoms with E-state index in [1.54, 1.807) is 95.2 Å². The van der Waals surface area contributed by atoms with Crippen molar-refractivity contribution in [3.8, 4) is 44.8 Å². The molecule has 36 heteroatoms. The second-order valence-electron chi connectivity index (χ2n) is 39.3. The van der Waals surface area contributed by atoms with E-state index in [-0.39, 0.29) is 91.0 Å². The van der Waals surface area contributed by atoms with Crippen molar-refractivity contribution in [3.63, 3.8) is 0 Å². The second kappa shape index (κ2) is 46.4. The van der Waals surface area contributed by atoms with Gasteiger partial charge in [-0.3, -0.25) is 38.7 Å². The first-order valence-corrected chi connectivity index (χ1v) is 59.6. The molecule has 0 spiro atoms. The minimum absolute atomic E-state index is 0.0652. The Labute approximate surface area is 873 Å². The molecule has 6 aliphatic heterocycles. The molecule has 6 fully saturated rings. The third kappa shape index (κ3) is 24.5. The fraction of sp³-hybridized carbons (Fsp3) is 0.382. The van der Waals surface area contributed by atoms with Crippen LogP contribution >= 0.6 is 61.8 Å². The van der Waals surface area contributed by atoms with Crippen molar-refractivity contribution in [2.24, 2.45) is 11.8 Å². The zero-order valence-corrected chi connectivity index (χ0v) is 90.0. The Bertz CT molecular complexity index is 6600. The van der Waals surface area contributed by atoms with Crippen molar-refractivity contribution in [2.75, 3.05) is 171 Å². The van der Waals surface area contributed by atoms with Crippen LogP contribution < -0.4 is 39.5 Å². The number of nitrogens with zero attached hydrogens (tertiary/aromatic N) is 12. The Kier molecular flexibility index (Phi) is 34.0. The van der Waals surface area contributed by atoms with Gasteiger partial charge in [0.25, 0.3) is 11.4 Å². The van der Waals surface area contributed by atoms with Gasteiger partial charge in [0, 0.05) is 214 Å². The molecule has 12 aromatic rings. The maximum absolute atomic E-state index is 15.8. The molecule has 0 aliphatic carbocycles. The fourth-order valence-corrected chi connectivity index (χ4v) is 30.7. The molecule has 146 heavy (non-hydrogen) atoms. The molecule has 6 aliphatic rings. The first kappa shape index (κ1) is 107. The van der Waals surface area contributed by atoms with E-state index in [1.807, 2.05) is 158 Å². The van der Waals surface area contributed by atoms with E-state index in [9.17, 15) is 56.4 Å². The molecule has 0 radical (unpaired) electrons. The summed E-state index contributed by atoms with van der Waals surface area (Å²) in [6.07, 6.45) is 7.57. The molecule has 4 atom stereocenters. The van der Waals surface area contributed by atoms with Crippen LogP contribution in [0.15, 0.2) is 250 Å². The molecule has 0 saturated carbocycles. The molecule has 26 nitrogen and oxygen atoms in total. The third-order valence-electron chi connectivity index (χ3n) is 28.7. The average Bonchev–Trinajstić information content (AvgIpc) is 1.66. The van der Waals surface area contributed by atoms with Crippen molar-refractivity contribution >= 4 is 138 Å². The number of halogens is 4. The zero-order valence-electron chi connectivity index (χ0n) is 83.4. The monoisotopic (exact) mass is 2140 g/mol. The number of sulfone groups is 2. The summed E-state index contributed by atoms with van der Waals surface area (Å²) in [5.74, 6) is 0.895. The number of rotatable bonds is 34. The summed E-state index contributed by atoms with van der Waals surface area (Å²) in [5, 5.41) is 47.2. The van der Waals surface area contributed by atoms with Crippen LogP contribution in [0.1, 0.15) is 101 Å². The van der Waals surface area contributed by atoms with Crippen LogP contribution in [0.4, 0.5) is 54.3 Å². The molecule has 2 aromatic heterocycles. The molecule has 0 unspecified atom stereocenters. The molecule has 0 bridgehead atoms. The van der Waals surface area contributed by atoms with E-state index < -0.39 is 46.3 Å². The molecule has 0 amide bonds. The summed E-state index contributed by atoms with van der Waals surface area (Å²) < 4.78 is 135. The van der Waals surface area contributed by atoms with Gasteiger partial charge < -0.3 is 57.8 Å². The summed E-state index contributed by atoms with van der Waals surface area (Å²) in [7, 11) is -14.9. The lowest BCUT2D eigenvalue weighted by Gasteiger charge is -2.37. The van der Waals surface area contributed by atoms with Gasteiger partial charge in [0.15, 0.2) is 19.7 Å². The summed E-state index contributed by atoms with van der Waals surface area (Å²) in [6, 6.07) is 69.6. The van der Waals surface area contributed by atoms with Crippen molar-refractivity contribution in [3.05, 3.63) is 295 Å². The van der Waals surface area contributed by atoms with E-state index in [1.165, 1.54) is 48.9 Å². The topological polar surface area (TPSA) is 283 Å². The van der Waals surface area contributed by atoms with Crippen molar-refractivity contribution in [2.45, 2.75) is 137 Å². The Morgan fingerprint density at radius 3 is 1.08 bits per heavy atom. The summed E-state index contributed by atoms with van der Waals surface area (Å²) in [4.78, 5) is 40.8. The maximum Gasteiger partial charge on any atom is 0.326 e. The van der Waals surface area contributed by atoms with E-state index in [2.05, 4.69) is 53.7 Å². The maximum atomic E-state index is 15.8. The Morgan fingerprint density at radius 1 is 0.425 bits per heavy atom. The quantitative estimate of drug-likeness (QED) is 0.0164. The van der Waals surface area contributed by atoms with E-state index in [4.69, 9.17) is 32.2 Å². The van der Waals surface area contributed by atoms with Gasteiger partial charge in [-0.15, -0.1) is 23.5 Å². The lowest BCUT2D eigenvalue weighted by molar-refractivity contribution is -0.385. The highest BCUT2D eigenvalue weighted by molar-refractivity contribution is 7.99. The molecule has 2 N–H and O–H groups in total. The molecule has 8 heterocycles. The average molecular weight is 2140 g/mol. The smallest absolute Gasteiger partial charge is 0.326 e. The normalized spacial score (nSPS) is 18.5. The van der Waals surface area contributed by atoms with Crippen LogP contribution in [0.3, 0.4) is 0 Å². The Balaban J connectivity index is 0.000000200. The van der Waals surface area contributed by atoms with Gasteiger partial charge >= 0.3 is 15.0 Å². The highest BCUT2D eigenvalue weighted by Crippen LogP contribution is 2.59. The van der Waals surface area contributed by atoms with Gasteiger partial charge in [0.1, 0.15) is 11.6 Å². The van der Waals surface area contributed by atoms with Crippen LogP contribution in [0.25, 0.3) is 44.8 Å². The number of nitro groups is 2. The highest BCUT2D eigenvalue weighted by Gasteiger charge is 2.44. The van der Waals surface area contributed by atoms with E-state index >= 15 is 8.78 Å². The number of piperazine rings is 2. The molecule has 772 valence electrons. The number of aromatic nitrogens is 2. The van der Waals surface area contributed by atoms with Crippen molar-refractivity contribution < 1.29 is 63.9 Å². The van der Waals surface area contributed by atoms with Gasteiger partial charge in [0.2, 0.25) is 0 Å². The first-order chi connectivity index (χ1) is 69.9. The number of anilines is 6. The van der Waals surface area contributed by atoms with Crippen LogP contribution in [-0.2, 0) is 50.7 Å². The second-order valence-corrected chi connectivity index (χ2v) is 50.9. The zero-order chi connectivity index (χ0) is 103. The number of hydrogen-bond acceptors (Lipinski definition) is 22. The minimum Gasteiger partial charge on any atom is -0.393 e. The van der Waals surface area contributed by atoms with Crippen LogP contribution in [-0.4, -0.2) is 210 Å². The highest BCUT2D eigenvalue weighted by atomic mass is 35.5. The minimum atomic E-state index is -3.75. The number of benzene rings is 10. The van der Waals surface area contributed by atoms with Gasteiger partial charge in [-0.25, -0.2) is 25.6 Å². The van der Waals surface area contributed by atoms with Gasteiger partial charge in [-0.1, -0.05) is 96.0 Å². The molecular weight excluding hydrogens is 2010 g/mol. The predicted molar refractivity (Wildman–Crippen MR) is 587 cm³/mol. The molecule has 6 saturated heterocycles. The SMILES string of the molecule is Cc1c(S(C)(=O)=O)c(-c2cc(F)cc(N3CCN(c4ccc(N5CCO[P@@]5(=O)c5ccc(C[C@H](CCN6CCC(O)CC6)CSc6ccccc6)c([N+](=O)[O-])c5)cc4)CC3)c2)c(-c2ccc(Cl)cc2)n1C(C)C.Cc1c(S(C)(=O)=O)c(-c2cc(F)cc(N3CCN(c4ccc(N5CCO[P@]5(=O)c5ccc(C[C@H](CCN6CCC(O)CC6)CSc6ccccc6)c([N+](=O)[O-])c5)cc4)CC3)c2)c(-c2ccc(Cl)cc2)n1C(C)C. The third-order valence-corrected chi connectivity index (χ3v) is 39.2. The molecule has 18 rings (SSSR count). The Morgan fingerprint density at radius 2 is 0.753 bits per heavy atom. The largest absolute Gasteiger partial charge is 0.393 e. The summed E-state index contributed by atoms with van der Waals surface area (Å²) >= 11 is 16.0. The first-order valence-electron chi connectivity index (χ1n) is 49.9. The summed E-state index contributed by atoms with van der Waals surface area (Å²) in [6.45, 7) is 22.5. The van der Waals surface area contributed by atoms with E-state index in [0.29, 0.717) is 167 Å². The number of likely N-dealkylation sites (tertiary alicyclic amines) is 2. The van der Waals surface area contributed by atoms with Gasteiger partial charge in [0.05, 0.1) is 80.1 Å². The van der Waals surface area contributed by atoms with Crippen LogP contribution in [0, 0.1) is 57.5 Å². The fourth-order valence-electron chi connectivity index (χ4n) is 21.4. The van der Waals surface area contributed by atoms with Crippen LogP contribution in [0.5, 0.6) is 0 Å². The Hall–Kier alpha value is -10.4. The summed E-state index contributed by atoms with van der Waals surface area (Å²) in [5.41, 5.74) is 11.5. The number of nitro benzene ring substituents is 2. The van der Waals surface area contributed by atoms with E-state index in [0.717, 1.165) is 122 Å². The molecular formula is C110H126Cl2F2N12O14P2S4.